The number of benzene rings is 2. The predicted octanol–water partition coefficient (Wildman–Crippen LogP) is 3.19. The maximum absolute atomic E-state index is 12.9. The molecule has 0 atom stereocenters. The van der Waals surface area contributed by atoms with Gasteiger partial charge < -0.3 is 15.3 Å². The highest BCUT2D eigenvalue weighted by molar-refractivity contribution is 7.99. The van der Waals surface area contributed by atoms with Gasteiger partial charge in [-0.25, -0.2) is 9.07 Å². The summed E-state index contributed by atoms with van der Waals surface area (Å²) in [6, 6.07) is 13.6. The molecule has 3 rings (SSSR count). The topological polar surface area (TPSA) is 75.2 Å². The Morgan fingerprint density at radius 1 is 1.00 bits per heavy atom. The summed E-state index contributed by atoms with van der Waals surface area (Å²) < 4.78 is 25.5. The van der Waals surface area contributed by atoms with E-state index in [1.807, 2.05) is 31.2 Å². The molecule has 0 spiro atoms. The number of thioether (sulfide) groups is 1. The maximum Gasteiger partial charge on any atom is 0.210 e. The average molecular weight is 374 g/mol. The van der Waals surface area contributed by atoms with Crippen molar-refractivity contribution in [2.75, 3.05) is 18.2 Å². The second-order valence-electron chi connectivity index (χ2n) is 5.52. The molecular weight excluding hydrogens is 355 g/mol. The van der Waals surface area contributed by atoms with Gasteiger partial charge in [-0.05, 0) is 43.3 Å². The van der Waals surface area contributed by atoms with Crippen LogP contribution in [0, 0.1) is 12.7 Å². The lowest BCUT2D eigenvalue weighted by Gasteiger charge is -2.07. The number of rotatable bonds is 8. The lowest BCUT2D eigenvalue weighted by atomic mass is 10.2. The van der Waals surface area contributed by atoms with Gasteiger partial charge in [-0.3, -0.25) is 0 Å². The smallest absolute Gasteiger partial charge is 0.210 e. The number of nitrogens with zero attached hydrogens (tertiary/aromatic N) is 3. The van der Waals surface area contributed by atoms with Crippen molar-refractivity contribution in [3.8, 4) is 11.5 Å². The molecule has 1 heterocycles. The first-order valence-electron chi connectivity index (χ1n) is 8.02. The molecule has 0 saturated carbocycles. The minimum Gasteiger partial charge on any atom is -0.493 e. The lowest BCUT2D eigenvalue weighted by molar-refractivity contribution is 0.291. The monoisotopic (exact) mass is 374 g/mol. The van der Waals surface area contributed by atoms with Crippen molar-refractivity contribution >= 4 is 11.8 Å². The van der Waals surface area contributed by atoms with E-state index in [0.717, 1.165) is 5.75 Å². The van der Waals surface area contributed by atoms with E-state index in [1.165, 1.54) is 34.1 Å². The molecular formula is C18H19FN4O2S. The Kier molecular flexibility index (Phi) is 5.96. The number of hydrogen-bond acceptors (Lipinski definition) is 6. The molecule has 136 valence electrons. The van der Waals surface area contributed by atoms with E-state index in [9.17, 15) is 4.39 Å². The Bertz CT molecular complexity index is 837. The highest BCUT2D eigenvalue weighted by Gasteiger charge is 2.11. The molecule has 0 unspecified atom stereocenters. The van der Waals surface area contributed by atoms with E-state index in [2.05, 4.69) is 10.2 Å². The molecule has 2 N–H and O–H groups in total. The van der Waals surface area contributed by atoms with Gasteiger partial charge >= 0.3 is 0 Å². The zero-order valence-electron chi connectivity index (χ0n) is 14.3. The number of hydrogen-bond donors (Lipinski definition) is 1. The van der Waals surface area contributed by atoms with Crippen LogP contribution in [0.1, 0.15) is 11.4 Å². The van der Waals surface area contributed by atoms with Crippen LogP contribution < -0.4 is 15.3 Å². The van der Waals surface area contributed by atoms with Gasteiger partial charge in [-0.1, -0.05) is 29.5 Å². The molecule has 8 heteroatoms. The normalized spacial score (nSPS) is 10.7. The zero-order chi connectivity index (χ0) is 18.4. The van der Waals surface area contributed by atoms with Gasteiger partial charge in [0.2, 0.25) is 5.16 Å². The van der Waals surface area contributed by atoms with Crippen molar-refractivity contribution in [1.82, 2.24) is 14.9 Å². The first kappa shape index (κ1) is 18.1. The van der Waals surface area contributed by atoms with E-state index < -0.39 is 0 Å². The third-order valence-corrected chi connectivity index (χ3v) is 4.43. The number of nitrogen functional groups attached to an aromatic ring is 1. The molecule has 0 bridgehead atoms. The summed E-state index contributed by atoms with van der Waals surface area (Å²) in [5.41, 5.74) is 1.19. The fourth-order valence-corrected chi connectivity index (χ4v) is 2.80. The van der Waals surface area contributed by atoms with Crippen LogP contribution in [0.5, 0.6) is 11.5 Å². The van der Waals surface area contributed by atoms with Crippen molar-refractivity contribution in [2.24, 2.45) is 0 Å². The van der Waals surface area contributed by atoms with Crippen LogP contribution in [-0.2, 0) is 6.61 Å². The Morgan fingerprint density at radius 2 is 1.65 bits per heavy atom. The number of ether oxygens (including phenoxy) is 2. The lowest BCUT2D eigenvalue weighted by Crippen LogP contribution is -2.16. The van der Waals surface area contributed by atoms with Crippen molar-refractivity contribution in [3.05, 3.63) is 65.7 Å². The van der Waals surface area contributed by atoms with Crippen LogP contribution in [-0.4, -0.2) is 27.2 Å². The Balaban J connectivity index is 1.45. The molecule has 1 aromatic heterocycles. The van der Waals surface area contributed by atoms with E-state index in [0.29, 0.717) is 29.1 Å². The number of aryl methyl sites for hydroxylation is 1. The summed E-state index contributed by atoms with van der Waals surface area (Å²) in [4.78, 5) is 0. The van der Waals surface area contributed by atoms with Crippen LogP contribution >= 0.6 is 11.8 Å². The van der Waals surface area contributed by atoms with Crippen molar-refractivity contribution < 1.29 is 13.9 Å². The number of aromatic nitrogens is 3. The quantitative estimate of drug-likeness (QED) is 0.371. The molecule has 0 fully saturated rings. The van der Waals surface area contributed by atoms with Crippen LogP contribution in [0.3, 0.4) is 0 Å². The molecule has 2 aromatic carbocycles. The van der Waals surface area contributed by atoms with Gasteiger partial charge in [0.05, 0.1) is 6.61 Å². The Hall–Kier alpha value is -2.74. The Labute approximate surface area is 155 Å². The first-order valence-corrected chi connectivity index (χ1v) is 9.00. The largest absolute Gasteiger partial charge is 0.493 e. The van der Waals surface area contributed by atoms with E-state index in [1.54, 1.807) is 12.1 Å². The highest BCUT2D eigenvalue weighted by Crippen LogP contribution is 2.17. The SMILES string of the molecule is Cc1ccc(OCCSc2nnc(COc3ccc(F)cc3)n2N)cc1. The molecule has 0 aliphatic heterocycles. The number of nitrogens with two attached hydrogens (primary N) is 1. The van der Waals surface area contributed by atoms with Gasteiger partial charge in [-0.15, -0.1) is 10.2 Å². The van der Waals surface area contributed by atoms with Gasteiger partial charge in [0.25, 0.3) is 0 Å². The average Bonchev–Trinajstić information content (AvgIpc) is 3.00. The molecule has 26 heavy (non-hydrogen) atoms. The molecule has 0 saturated heterocycles. The van der Waals surface area contributed by atoms with Crippen LogP contribution in [0.25, 0.3) is 0 Å². The second-order valence-corrected chi connectivity index (χ2v) is 6.58. The highest BCUT2D eigenvalue weighted by atomic mass is 32.2. The number of halogens is 1. The maximum atomic E-state index is 12.9. The Morgan fingerprint density at radius 3 is 2.38 bits per heavy atom. The summed E-state index contributed by atoms with van der Waals surface area (Å²) in [7, 11) is 0. The van der Waals surface area contributed by atoms with Crippen LogP contribution in [0.15, 0.2) is 53.7 Å². The van der Waals surface area contributed by atoms with Gasteiger partial charge in [0.15, 0.2) is 5.82 Å². The summed E-state index contributed by atoms with van der Waals surface area (Å²) in [5, 5.41) is 8.65. The van der Waals surface area contributed by atoms with E-state index in [4.69, 9.17) is 15.3 Å². The first-order chi connectivity index (χ1) is 12.6. The van der Waals surface area contributed by atoms with Crippen molar-refractivity contribution in [2.45, 2.75) is 18.7 Å². The molecule has 6 nitrogen and oxygen atoms in total. The van der Waals surface area contributed by atoms with Gasteiger partial charge in [0.1, 0.15) is 23.9 Å². The molecule has 0 aliphatic rings. The summed E-state index contributed by atoms with van der Waals surface area (Å²) in [6.07, 6.45) is 0. The third-order valence-electron chi connectivity index (χ3n) is 3.52. The van der Waals surface area contributed by atoms with Gasteiger partial charge in [0, 0.05) is 5.75 Å². The van der Waals surface area contributed by atoms with Crippen LogP contribution in [0.4, 0.5) is 4.39 Å². The van der Waals surface area contributed by atoms with Crippen LogP contribution in [0.2, 0.25) is 0 Å². The van der Waals surface area contributed by atoms with Crippen molar-refractivity contribution in [3.63, 3.8) is 0 Å². The molecule has 0 aliphatic carbocycles. The predicted molar refractivity (Wildman–Crippen MR) is 98.3 cm³/mol. The molecule has 0 amide bonds. The summed E-state index contributed by atoms with van der Waals surface area (Å²) in [6.45, 7) is 2.71. The van der Waals surface area contributed by atoms with Crippen molar-refractivity contribution in [1.29, 1.82) is 0 Å². The second kappa shape index (κ2) is 8.57. The summed E-state index contributed by atoms with van der Waals surface area (Å²) >= 11 is 1.45. The third kappa shape index (κ3) is 4.89. The van der Waals surface area contributed by atoms with E-state index >= 15 is 0 Å². The molecule has 0 radical (unpaired) electrons. The minimum atomic E-state index is -0.314. The molecule has 3 aromatic rings. The minimum absolute atomic E-state index is 0.148. The zero-order valence-corrected chi connectivity index (χ0v) is 15.1. The fourth-order valence-electron chi connectivity index (χ4n) is 2.11. The standard InChI is InChI=1S/C18H19FN4O2S/c1-13-2-6-15(7-3-13)24-10-11-26-18-22-21-17(23(18)20)12-25-16-8-4-14(19)5-9-16/h2-9H,10-12,20H2,1H3. The van der Waals surface area contributed by atoms with E-state index in [-0.39, 0.29) is 12.4 Å². The fraction of sp³-hybridized carbons (Fsp3) is 0.222. The summed E-state index contributed by atoms with van der Waals surface area (Å²) in [5.74, 6) is 8.21. The van der Waals surface area contributed by atoms with Gasteiger partial charge in [-0.2, -0.15) is 0 Å².